The van der Waals surface area contributed by atoms with Crippen LogP contribution in [0.15, 0.2) is 29.8 Å². The molecule has 0 radical (unpaired) electrons. The highest BCUT2D eigenvalue weighted by Gasteiger charge is 2.18. The monoisotopic (exact) mass is 357 g/mol. The summed E-state index contributed by atoms with van der Waals surface area (Å²) >= 11 is 2.95. The maximum Gasteiger partial charge on any atom is 0.276 e. The Morgan fingerprint density at radius 3 is 2.88 bits per heavy atom. The summed E-state index contributed by atoms with van der Waals surface area (Å²) in [7, 11) is 0. The molecule has 2 N–H and O–H groups in total. The molecule has 0 spiro atoms. The van der Waals surface area contributed by atoms with Crippen LogP contribution >= 0.6 is 22.7 Å². The summed E-state index contributed by atoms with van der Waals surface area (Å²) in [6, 6.07) is 5.58. The van der Waals surface area contributed by atoms with E-state index in [0.29, 0.717) is 21.8 Å². The van der Waals surface area contributed by atoms with Gasteiger partial charge in [-0.1, -0.05) is 6.07 Å². The second kappa shape index (κ2) is 6.66. The Bertz CT molecular complexity index is 835. The first kappa shape index (κ1) is 15.2. The van der Waals surface area contributed by atoms with E-state index in [1.165, 1.54) is 29.1 Å². The Morgan fingerprint density at radius 2 is 2.04 bits per heavy atom. The molecule has 1 aliphatic rings. The van der Waals surface area contributed by atoms with Crippen molar-refractivity contribution in [2.24, 2.45) is 0 Å². The number of carbonyl (C=O) groups excluding carboxylic acids is 1. The van der Waals surface area contributed by atoms with Crippen molar-refractivity contribution < 1.29 is 4.79 Å². The van der Waals surface area contributed by atoms with Gasteiger partial charge in [0.05, 0.1) is 5.69 Å². The highest BCUT2D eigenvalue weighted by atomic mass is 32.1. The zero-order valence-electron chi connectivity index (χ0n) is 12.8. The van der Waals surface area contributed by atoms with Crippen LogP contribution in [0.3, 0.4) is 0 Å². The first-order valence-corrected chi connectivity index (χ1v) is 9.41. The molecule has 0 bridgehead atoms. The van der Waals surface area contributed by atoms with Gasteiger partial charge in [0.25, 0.3) is 5.91 Å². The Hall–Kier alpha value is -2.32. The summed E-state index contributed by atoms with van der Waals surface area (Å²) in [5.41, 5.74) is 1.52. The molecular formula is C16H15N5OS2. The SMILES string of the molecule is O=C(Nc1nc2c(s1)CCCC2)c1csc(Nc2ccccn2)n1. The van der Waals surface area contributed by atoms with E-state index < -0.39 is 0 Å². The van der Waals surface area contributed by atoms with Gasteiger partial charge in [0.2, 0.25) is 0 Å². The summed E-state index contributed by atoms with van der Waals surface area (Å²) in [4.78, 5) is 26.7. The van der Waals surface area contributed by atoms with Crippen LogP contribution in [-0.2, 0) is 12.8 Å². The third-order valence-electron chi connectivity index (χ3n) is 3.70. The van der Waals surface area contributed by atoms with Crippen LogP contribution in [0.5, 0.6) is 0 Å². The van der Waals surface area contributed by atoms with Crippen molar-refractivity contribution in [2.75, 3.05) is 10.6 Å². The van der Waals surface area contributed by atoms with Gasteiger partial charge in [-0.05, 0) is 37.8 Å². The standard InChI is InChI=1S/C16H15N5OS2/c22-14(21-16-18-10-5-1-2-6-12(10)24-16)11-9-23-15(19-11)20-13-7-3-4-8-17-13/h3-4,7-9H,1-2,5-6H2,(H,17,19,20)(H,18,21,22). The number of thiazole rings is 2. The van der Waals surface area contributed by atoms with Gasteiger partial charge in [-0.2, -0.15) is 0 Å². The van der Waals surface area contributed by atoms with E-state index in [2.05, 4.69) is 25.6 Å². The highest BCUT2D eigenvalue weighted by Crippen LogP contribution is 2.30. The Morgan fingerprint density at radius 1 is 1.12 bits per heavy atom. The van der Waals surface area contributed by atoms with Crippen LogP contribution in [0.25, 0.3) is 0 Å². The molecule has 3 aromatic heterocycles. The molecule has 0 unspecified atom stereocenters. The highest BCUT2D eigenvalue weighted by molar-refractivity contribution is 7.16. The first-order chi connectivity index (χ1) is 11.8. The van der Waals surface area contributed by atoms with Gasteiger partial charge >= 0.3 is 0 Å². The number of aryl methyl sites for hydroxylation is 2. The minimum Gasteiger partial charge on any atom is -0.316 e. The van der Waals surface area contributed by atoms with Crippen LogP contribution in [-0.4, -0.2) is 20.9 Å². The minimum atomic E-state index is -0.230. The molecule has 1 amide bonds. The van der Waals surface area contributed by atoms with E-state index in [0.717, 1.165) is 18.5 Å². The number of anilines is 3. The van der Waals surface area contributed by atoms with Crippen LogP contribution in [0.4, 0.5) is 16.1 Å². The fourth-order valence-electron chi connectivity index (χ4n) is 2.55. The van der Waals surface area contributed by atoms with Crippen molar-refractivity contribution in [3.05, 3.63) is 46.0 Å². The average Bonchev–Trinajstić information content (AvgIpc) is 3.22. The molecule has 122 valence electrons. The third kappa shape index (κ3) is 3.29. The number of nitrogens with zero attached hydrogens (tertiary/aromatic N) is 3. The van der Waals surface area contributed by atoms with Crippen molar-refractivity contribution in [3.8, 4) is 0 Å². The largest absolute Gasteiger partial charge is 0.316 e. The van der Waals surface area contributed by atoms with Gasteiger partial charge < -0.3 is 5.32 Å². The van der Waals surface area contributed by atoms with Crippen molar-refractivity contribution >= 4 is 44.7 Å². The molecule has 0 atom stereocenters. The molecule has 8 heteroatoms. The van der Waals surface area contributed by atoms with Crippen molar-refractivity contribution in [3.63, 3.8) is 0 Å². The lowest BCUT2D eigenvalue weighted by Gasteiger charge is -2.06. The summed E-state index contributed by atoms with van der Waals surface area (Å²) < 4.78 is 0. The zero-order valence-corrected chi connectivity index (χ0v) is 14.4. The van der Waals surface area contributed by atoms with Crippen molar-refractivity contribution in [1.82, 2.24) is 15.0 Å². The molecule has 3 heterocycles. The average molecular weight is 357 g/mol. The Balaban J connectivity index is 1.44. The van der Waals surface area contributed by atoms with Crippen LogP contribution < -0.4 is 10.6 Å². The van der Waals surface area contributed by atoms with Crippen LogP contribution in [0, 0.1) is 0 Å². The van der Waals surface area contributed by atoms with Crippen molar-refractivity contribution in [2.45, 2.75) is 25.7 Å². The van der Waals surface area contributed by atoms with Gasteiger partial charge in [-0.25, -0.2) is 15.0 Å². The van der Waals surface area contributed by atoms with E-state index in [9.17, 15) is 4.79 Å². The topological polar surface area (TPSA) is 79.8 Å². The minimum absolute atomic E-state index is 0.230. The third-order valence-corrected chi connectivity index (χ3v) is 5.53. The van der Waals surface area contributed by atoms with E-state index in [4.69, 9.17) is 0 Å². The smallest absolute Gasteiger partial charge is 0.276 e. The normalized spacial score (nSPS) is 13.3. The van der Waals surface area contributed by atoms with Gasteiger partial charge in [0, 0.05) is 16.5 Å². The molecular weight excluding hydrogens is 342 g/mol. The lowest BCUT2D eigenvalue weighted by Crippen LogP contribution is -2.12. The summed E-state index contributed by atoms with van der Waals surface area (Å²) in [5, 5.41) is 8.98. The summed E-state index contributed by atoms with van der Waals surface area (Å²) in [5.74, 6) is 0.470. The Labute approximate surface area is 147 Å². The maximum absolute atomic E-state index is 12.3. The molecule has 0 fully saturated rings. The molecule has 0 aliphatic heterocycles. The Kier molecular flexibility index (Phi) is 4.22. The number of carbonyl (C=O) groups is 1. The van der Waals surface area contributed by atoms with E-state index in [-0.39, 0.29) is 5.91 Å². The number of hydrogen-bond acceptors (Lipinski definition) is 7. The number of pyridine rings is 1. The van der Waals surface area contributed by atoms with E-state index in [1.54, 1.807) is 22.9 Å². The predicted molar refractivity (Wildman–Crippen MR) is 96.3 cm³/mol. The molecule has 0 saturated heterocycles. The number of fused-ring (bicyclic) bond motifs is 1. The molecule has 6 nitrogen and oxygen atoms in total. The lowest BCUT2D eigenvalue weighted by atomic mass is 10.0. The summed E-state index contributed by atoms with van der Waals surface area (Å²) in [6.45, 7) is 0. The van der Waals surface area contributed by atoms with E-state index >= 15 is 0 Å². The molecule has 1 aliphatic carbocycles. The number of nitrogens with one attached hydrogen (secondary N) is 2. The first-order valence-electron chi connectivity index (χ1n) is 7.71. The van der Waals surface area contributed by atoms with Crippen molar-refractivity contribution in [1.29, 1.82) is 0 Å². The molecule has 4 rings (SSSR count). The fraction of sp³-hybridized carbons (Fsp3) is 0.250. The molecule has 24 heavy (non-hydrogen) atoms. The number of amides is 1. The quantitative estimate of drug-likeness (QED) is 0.741. The maximum atomic E-state index is 12.3. The van der Waals surface area contributed by atoms with Crippen LogP contribution in [0.1, 0.15) is 33.9 Å². The second-order valence-corrected chi connectivity index (χ2v) is 7.37. The van der Waals surface area contributed by atoms with Gasteiger partial charge in [0.1, 0.15) is 11.5 Å². The fourth-order valence-corrected chi connectivity index (χ4v) is 4.29. The number of aromatic nitrogens is 3. The predicted octanol–water partition coefficient (Wildman–Crippen LogP) is 3.87. The molecule has 3 aromatic rings. The zero-order chi connectivity index (χ0) is 16.4. The molecule has 0 aromatic carbocycles. The molecule has 0 saturated carbocycles. The van der Waals surface area contributed by atoms with E-state index in [1.807, 2.05) is 18.2 Å². The van der Waals surface area contributed by atoms with Gasteiger partial charge in [-0.3, -0.25) is 10.1 Å². The van der Waals surface area contributed by atoms with Gasteiger partial charge in [-0.15, -0.1) is 22.7 Å². The summed E-state index contributed by atoms with van der Waals surface area (Å²) in [6.07, 6.45) is 6.16. The second-order valence-electron chi connectivity index (χ2n) is 5.43. The van der Waals surface area contributed by atoms with Crippen LogP contribution in [0.2, 0.25) is 0 Å². The lowest BCUT2D eigenvalue weighted by molar-refractivity contribution is 0.102. The van der Waals surface area contributed by atoms with Gasteiger partial charge in [0.15, 0.2) is 10.3 Å². The number of rotatable bonds is 4. The number of hydrogen-bond donors (Lipinski definition) is 2.